The Kier molecular flexibility index (Phi) is 7.02. The van der Waals surface area contributed by atoms with Crippen LogP contribution < -0.4 is 5.32 Å². The third-order valence-electron chi connectivity index (χ3n) is 3.10. The molecule has 4 nitrogen and oxygen atoms in total. The maximum atomic E-state index is 13.4. The molecule has 0 fully saturated rings. The molecular weight excluding hydrogens is 267 g/mol. The van der Waals surface area contributed by atoms with Crippen LogP contribution in [-0.2, 0) is 0 Å². The predicted molar refractivity (Wildman–Crippen MR) is 77.1 cm³/mol. The summed E-state index contributed by atoms with van der Waals surface area (Å²) in [5, 5.41) is 3.09. The molecule has 0 spiro atoms. The number of nitrogens with one attached hydrogen (secondary N) is 1. The van der Waals surface area contributed by atoms with Gasteiger partial charge >= 0.3 is 0 Å². The van der Waals surface area contributed by atoms with Crippen LogP contribution in [-0.4, -0.2) is 40.5 Å². The monoisotopic (exact) mass is 288 g/mol. The van der Waals surface area contributed by atoms with Crippen LogP contribution in [0.2, 0.25) is 5.28 Å². The second-order valence-electron chi connectivity index (χ2n) is 4.55. The maximum absolute atomic E-state index is 13.4. The normalized spacial score (nSPS) is 12.7. The van der Waals surface area contributed by atoms with Gasteiger partial charge in [-0.2, -0.15) is 4.98 Å². The van der Waals surface area contributed by atoms with Gasteiger partial charge in [-0.3, -0.25) is 0 Å². The highest BCUT2D eigenvalue weighted by atomic mass is 35.5. The van der Waals surface area contributed by atoms with E-state index in [1.165, 1.54) is 0 Å². The Balaban J connectivity index is 2.38. The topological polar surface area (TPSA) is 41.0 Å². The minimum absolute atomic E-state index is 0.0549. The van der Waals surface area contributed by atoms with Gasteiger partial charge in [-0.25, -0.2) is 9.37 Å². The van der Waals surface area contributed by atoms with Gasteiger partial charge in [-0.15, -0.1) is 0 Å². The zero-order valence-corrected chi connectivity index (χ0v) is 12.5. The minimum atomic E-state index is -0.472. The average molecular weight is 289 g/mol. The highest BCUT2D eigenvalue weighted by Crippen LogP contribution is 2.14. The van der Waals surface area contributed by atoms with Crippen LogP contribution in [0.4, 0.5) is 10.2 Å². The first-order chi connectivity index (χ1) is 9.06. The van der Waals surface area contributed by atoms with Crippen LogP contribution in [0.15, 0.2) is 6.20 Å². The molecule has 1 heterocycles. The van der Waals surface area contributed by atoms with E-state index >= 15 is 0 Å². The molecule has 0 aliphatic rings. The van der Waals surface area contributed by atoms with E-state index in [0.29, 0.717) is 0 Å². The Morgan fingerprint density at radius 3 is 2.74 bits per heavy atom. The zero-order valence-electron chi connectivity index (χ0n) is 11.8. The standard InChI is InChI=1S/C13H22ClFN4/c1-4-19(5-2)8-6-7-10(3)17-12-11(15)9-16-13(14)18-12/h9-10H,4-8H2,1-3H3,(H,16,17,18). The molecular formula is C13H22ClFN4. The summed E-state index contributed by atoms with van der Waals surface area (Å²) in [6.07, 6.45) is 3.11. The molecule has 19 heavy (non-hydrogen) atoms. The number of aromatic nitrogens is 2. The SMILES string of the molecule is CCN(CC)CCCC(C)Nc1nc(Cl)ncc1F. The van der Waals surface area contributed by atoms with E-state index in [9.17, 15) is 4.39 Å². The number of hydrogen-bond acceptors (Lipinski definition) is 4. The maximum Gasteiger partial charge on any atom is 0.224 e. The van der Waals surface area contributed by atoms with Gasteiger partial charge in [0.05, 0.1) is 6.20 Å². The highest BCUT2D eigenvalue weighted by Gasteiger charge is 2.09. The number of anilines is 1. The molecule has 1 aromatic rings. The van der Waals surface area contributed by atoms with E-state index in [1.807, 2.05) is 6.92 Å². The van der Waals surface area contributed by atoms with Gasteiger partial charge in [-0.1, -0.05) is 13.8 Å². The Bertz CT molecular complexity index is 385. The van der Waals surface area contributed by atoms with Gasteiger partial charge in [0.15, 0.2) is 11.6 Å². The van der Waals surface area contributed by atoms with Crippen molar-refractivity contribution < 1.29 is 4.39 Å². The largest absolute Gasteiger partial charge is 0.365 e. The molecule has 0 aliphatic heterocycles. The van der Waals surface area contributed by atoms with Crippen molar-refractivity contribution in [2.45, 2.75) is 39.7 Å². The van der Waals surface area contributed by atoms with Gasteiger partial charge in [-0.05, 0) is 51.0 Å². The van der Waals surface area contributed by atoms with E-state index in [4.69, 9.17) is 11.6 Å². The van der Waals surface area contributed by atoms with Crippen molar-refractivity contribution in [1.82, 2.24) is 14.9 Å². The van der Waals surface area contributed by atoms with Crippen molar-refractivity contribution in [2.75, 3.05) is 25.0 Å². The second kappa shape index (κ2) is 8.27. The van der Waals surface area contributed by atoms with Gasteiger partial charge in [0, 0.05) is 6.04 Å². The summed E-state index contributed by atoms with van der Waals surface area (Å²) in [5.74, 6) is -0.296. The van der Waals surface area contributed by atoms with Crippen LogP contribution in [0.1, 0.15) is 33.6 Å². The van der Waals surface area contributed by atoms with Crippen LogP contribution in [0, 0.1) is 5.82 Å². The van der Waals surface area contributed by atoms with E-state index in [2.05, 4.69) is 34.0 Å². The third kappa shape index (κ3) is 5.70. The molecule has 1 atom stereocenters. The Morgan fingerprint density at radius 1 is 1.42 bits per heavy atom. The molecule has 1 unspecified atom stereocenters. The van der Waals surface area contributed by atoms with E-state index < -0.39 is 5.82 Å². The summed E-state index contributed by atoms with van der Waals surface area (Å²) in [5.41, 5.74) is 0. The first-order valence-electron chi connectivity index (χ1n) is 6.73. The number of halogens is 2. The van der Waals surface area contributed by atoms with Gasteiger partial charge < -0.3 is 10.2 Å². The lowest BCUT2D eigenvalue weighted by molar-refractivity contribution is 0.295. The Hall–Kier alpha value is -0.940. The second-order valence-corrected chi connectivity index (χ2v) is 4.89. The molecule has 0 bridgehead atoms. The first-order valence-corrected chi connectivity index (χ1v) is 7.11. The van der Waals surface area contributed by atoms with Crippen LogP contribution in [0.3, 0.4) is 0 Å². The molecule has 0 amide bonds. The lowest BCUT2D eigenvalue weighted by Crippen LogP contribution is -2.26. The summed E-state index contributed by atoms with van der Waals surface area (Å²) in [6.45, 7) is 9.51. The molecule has 0 saturated carbocycles. The van der Waals surface area contributed by atoms with Crippen molar-refractivity contribution in [1.29, 1.82) is 0 Å². The molecule has 0 aliphatic carbocycles. The van der Waals surface area contributed by atoms with Crippen molar-refractivity contribution in [3.05, 3.63) is 17.3 Å². The summed E-state index contributed by atoms with van der Waals surface area (Å²) in [4.78, 5) is 9.80. The average Bonchev–Trinajstić information content (AvgIpc) is 2.39. The Morgan fingerprint density at radius 2 is 2.11 bits per heavy atom. The van der Waals surface area contributed by atoms with Crippen LogP contribution in [0.25, 0.3) is 0 Å². The fourth-order valence-electron chi connectivity index (χ4n) is 1.91. The van der Waals surface area contributed by atoms with E-state index in [1.54, 1.807) is 0 Å². The van der Waals surface area contributed by atoms with Gasteiger partial charge in [0.25, 0.3) is 0 Å². The first kappa shape index (κ1) is 16.1. The zero-order chi connectivity index (χ0) is 14.3. The molecule has 6 heteroatoms. The Labute approximate surface area is 119 Å². The van der Waals surface area contributed by atoms with Crippen LogP contribution in [0.5, 0.6) is 0 Å². The molecule has 1 rings (SSSR count). The fourth-order valence-corrected chi connectivity index (χ4v) is 2.05. The lowest BCUT2D eigenvalue weighted by Gasteiger charge is -2.20. The summed E-state index contributed by atoms with van der Waals surface area (Å²) >= 11 is 5.65. The molecule has 0 saturated heterocycles. The fraction of sp³-hybridized carbons (Fsp3) is 0.692. The number of nitrogens with zero attached hydrogens (tertiary/aromatic N) is 3. The van der Waals surface area contributed by atoms with Crippen molar-refractivity contribution >= 4 is 17.4 Å². The molecule has 0 radical (unpaired) electrons. The molecule has 1 N–H and O–H groups in total. The van der Waals surface area contributed by atoms with Gasteiger partial charge in [0.1, 0.15) is 0 Å². The van der Waals surface area contributed by atoms with E-state index in [-0.39, 0.29) is 17.1 Å². The quantitative estimate of drug-likeness (QED) is 0.746. The molecule has 0 aromatic carbocycles. The number of rotatable bonds is 8. The van der Waals surface area contributed by atoms with Crippen LogP contribution >= 0.6 is 11.6 Å². The minimum Gasteiger partial charge on any atom is -0.365 e. The van der Waals surface area contributed by atoms with Crippen molar-refractivity contribution in [2.24, 2.45) is 0 Å². The lowest BCUT2D eigenvalue weighted by atomic mass is 10.1. The summed E-state index contributed by atoms with van der Waals surface area (Å²) in [6, 6.07) is 0.149. The highest BCUT2D eigenvalue weighted by molar-refractivity contribution is 6.28. The summed E-state index contributed by atoms with van der Waals surface area (Å²) in [7, 11) is 0. The van der Waals surface area contributed by atoms with Crippen molar-refractivity contribution in [3.8, 4) is 0 Å². The van der Waals surface area contributed by atoms with Crippen molar-refractivity contribution in [3.63, 3.8) is 0 Å². The smallest absolute Gasteiger partial charge is 0.224 e. The molecule has 108 valence electrons. The van der Waals surface area contributed by atoms with E-state index in [0.717, 1.165) is 38.7 Å². The number of hydrogen-bond donors (Lipinski definition) is 1. The third-order valence-corrected chi connectivity index (χ3v) is 3.29. The predicted octanol–water partition coefficient (Wildman–Crippen LogP) is 3.19. The summed E-state index contributed by atoms with van der Waals surface area (Å²) < 4.78 is 13.4. The van der Waals surface area contributed by atoms with Gasteiger partial charge in [0.2, 0.25) is 5.28 Å². The molecule has 1 aromatic heterocycles.